The van der Waals surface area contributed by atoms with Gasteiger partial charge >= 0.3 is 0 Å². The molecule has 3 aliphatic rings. The molecule has 24 heavy (non-hydrogen) atoms. The lowest BCUT2D eigenvalue weighted by Gasteiger charge is -2.50. The molecule has 2 aliphatic heterocycles. The van der Waals surface area contributed by atoms with E-state index in [9.17, 15) is 0 Å². The number of likely N-dealkylation sites (N-methyl/N-ethyl adjacent to an activating group) is 1. The first-order chi connectivity index (χ1) is 11.6. The first kappa shape index (κ1) is 16.2. The van der Waals surface area contributed by atoms with Crippen molar-refractivity contribution in [3.05, 3.63) is 23.3 Å². The molecule has 2 heterocycles. The molecule has 132 valence electrons. The van der Waals surface area contributed by atoms with E-state index in [4.69, 9.17) is 14.2 Å². The van der Waals surface area contributed by atoms with Gasteiger partial charge in [-0.15, -0.1) is 0 Å². The van der Waals surface area contributed by atoms with Crippen LogP contribution in [-0.4, -0.2) is 51.0 Å². The number of nitrogens with zero attached hydrogens (tertiary/aromatic N) is 1. The number of hydrogen-bond donors (Lipinski definition) is 0. The van der Waals surface area contributed by atoms with Crippen molar-refractivity contribution >= 4 is 0 Å². The maximum atomic E-state index is 6.60. The summed E-state index contributed by atoms with van der Waals surface area (Å²) in [6.45, 7) is 3.35. The lowest BCUT2D eigenvalue weighted by molar-refractivity contribution is -0.0517. The van der Waals surface area contributed by atoms with Crippen LogP contribution >= 0.6 is 0 Å². The van der Waals surface area contributed by atoms with Gasteiger partial charge in [-0.05, 0) is 50.9 Å². The highest BCUT2D eigenvalue weighted by Gasteiger charge is 2.58. The highest BCUT2D eigenvalue weighted by Crippen LogP contribution is 2.58. The van der Waals surface area contributed by atoms with Crippen molar-refractivity contribution in [1.82, 2.24) is 4.90 Å². The van der Waals surface area contributed by atoms with Crippen molar-refractivity contribution in [2.75, 3.05) is 27.8 Å². The second-order valence-corrected chi connectivity index (χ2v) is 7.68. The molecule has 1 unspecified atom stereocenters. The molecule has 0 N–H and O–H groups in total. The average Bonchev–Trinajstić information content (AvgIpc) is 2.93. The van der Waals surface area contributed by atoms with Crippen LogP contribution in [0.15, 0.2) is 12.1 Å². The molecule has 4 atom stereocenters. The zero-order valence-corrected chi connectivity index (χ0v) is 15.3. The van der Waals surface area contributed by atoms with Gasteiger partial charge in [-0.2, -0.15) is 0 Å². The van der Waals surface area contributed by atoms with E-state index < -0.39 is 0 Å². The van der Waals surface area contributed by atoms with E-state index in [2.05, 4.69) is 31.0 Å². The number of ether oxygens (including phenoxy) is 3. The zero-order valence-electron chi connectivity index (χ0n) is 15.3. The lowest BCUT2D eigenvalue weighted by atomic mass is 9.61. The number of methoxy groups -OCH3 is 2. The summed E-state index contributed by atoms with van der Waals surface area (Å²) in [5.74, 6) is 1.86. The van der Waals surface area contributed by atoms with E-state index >= 15 is 0 Å². The van der Waals surface area contributed by atoms with Gasteiger partial charge in [0, 0.05) is 24.1 Å². The van der Waals surface area contributed by atoms with E-state index in [0.29, 0.717) is 6.04 Å². The van der Waals surface area contributed by atoms with E-state index in [1.807, 2.05) is 7.11 Å². The third-order valence-electron chi connectivity index (χ3n) is 6.52. The number of piperidine rings is 1. The predicted molar refractivity (Wildman–Crippen MR) is 94.1 cm³/mol. The molecule has 0 aromatic heterocycles. The van der Waals surface area contributed by atoms with E-state index in [-0.39, 0.29) is 17.6 Å². The minimum absolute atomic E-state index is 0.0878. The van der Waals surface area contributed by atoms with Crippen molar-refractivity contribution < 1.29 is 14.2 Å². The van der Waals surface area contributed by atoms with Crippen LogP contribution in [0.4, 0.5) is 0 Å². The predicted octanol–water partition coefficient (Wildman–Crippen LogP) is 3.16. The summed E-state index contributed by atoms with van der Waals surface area (Å²) in [4.78, 5) is 2.52. The topological polar surface area (TPSA) is 30.9 Å². The molecule has 1 spiro atoms. The van der Waals surface area contributed by atoms with Gasteiger partial charge in [-0.1, -0.05) is 19.4 Å². The first-order valence-corrected chi connectivity index (χ1v) is 9.24. The van der Waals surface area contributed by atoms with E-state index in [1.54, 1.807) is 7.11 Å². The molecule has 1 aromatic rings. The van der Waals surface area contributed by atoms with Crippen LogP contribution in [0.2, 0.25) is 0 Å². The smallest absolute Gasteiger partial charge is 0.165 e. The molecule has 0 amide bonds. The molecule has 2 bridgehead atoms. The van der Waals surface area contributed by atoms with Crippen molar-refractivity contribution in [1.29, 1.82) is 0 Å². The fraction of sp³-hybridized carbons (Fsp3) is 0.700. The van der Waals surface area contributed by atoms with Crippen LogP contribution in [0.5, 0.6) is 11.5 Å². The van der Waals surface area contributed by atoms with Crippen molar-refractivity contribution in [3.63, 3.8) is 0 Å². The van der Waals surface area contributed by atoms with Crippen LogP contribution in [-0.2, 0) is 16.6 Å². The normalized spacial score (nSPS) is 32.2. The third-order valence-corrected chi connectivity index (χ3v) is 6.52. The minimum Gasteiger partial charge on any atom is -0.493 e. The summed E-state index contributed by atoms with van der Waals surface area (Å²) < 4.78 is 18.1. The Kier molecular flexibility index (Phi) is 4.00. The number of rotatable bonds is 5. The van der Waals surface area contributed by atoms with E-state index in [1.165, 1.54) is 17.5 Å². The van der Waals surface area contributed by atoms with Crippen LogP contribution in [0, 0.1) is 0 Å². The third kappa shape index (κ3) is 2.12. The van der Waals surface area contributed by atoms with Crippen LogP contribution in [0.25, 0.3) is 0 Å². The van der Waals surface area contributed by atoms with Gasteiger partial charge in [0.25, 0.3) is 0 Å². The average molecular weight is 331 g/mol. The summed E-state index contributed by atoms with van der Waals surface area (Å²) >= 11 is 0. The fourth-order valence-corrected chi connectivity index (χ4v) is 5.29. The highest BCUT2D eigenvalue weighted by atomic mass is 16.6. The van der Waals surface area contributed by atoms with Gasteiger partial charge in [-0.25, -0.2) is 0 Å². The molecule has 4 rings (SSSR count). The maximum absolute atomic E-state index is 6.60. The summed E-state index contributed by atoms with van der Waals surface area (Å²) in [5, 5.41) is 0. The number of likely N-dealkylation sites (tertiary alicyclic amines) is 1. The Morgan fingerprint density at radius 1 is 1.38 bits per heavy atom. The summed E-state index contributed by atoms with van der Waals surface area (Å²) in [7, 11) is 5.83. The molecule has 1 saturated heterocycles. The molecule has 1 aromatic carbocycles. The van der Waals surface area contributed by atoms with Gasteiger partial charge in [-0.3, -0.25) is 0 Å². The molecule has 4 nitrogen and oxygen atoms in total. The quantitative estimate of drug-likeness (QED) is 0.829. The fourth-order valence-electron chi connectivity index (χ4n) is 5.29. The van der Waals surface area contributed by atoms with Crippen LogP contribution < -0.4 is 9.47 Å². The SMILES string of the molecule is CCCC(OC)[C@@H]1Oc2c(OC)ccc3c2[C@@]12CCN(C)[C@H](C3)C2. The minimum atomic E-state index is 0.0878. The van der Waals surface area contributed by atoms with Crippen LogP contribution in [0.1, 0.15) is 43.7 Å². The Balaban J connectivity index is 1.85. The van der Waals surface area contributed by atoms with Crippen molar-refractivity contribution in [2.45, 2.75) is 62.7 Å². The number of benzene rings is 1. The highest BCUT2D eigenvalue weighted by molar-refractivity contribution is 5.60. The second kappa shape index (κ2) is 5.92. The monoisotopic (exact) mass is 331 g/mol. The van der Waals surface area contributed by atoms with E-state index in [0.717, 1.165) is 43.7 Å². The molecule has 4 heteroatoms. The Labute approximate surface area is 145 Å². The van der Waals surface area contributed by atoms with Crippen LogP contribution in [0.3, 0.4) is 0 Å². The number of fused-ring (bicyclic) bond motifs is 1. The van der Waals surface area contributed by atoms with Gasteiger partial charge in [0.2, 0.25) is 0 Å². The Hall–Kier alpha value is -1.26. The van der Waals surface area contributed by atoms with Gasteiger partial charge in [0.1, 0.15) is 6.10 Å². The molecule has 1 fully saturated rings. The van der Waals surface area contributed by atoms with Crippen molar-refractivity contribution in [3.8, 4) is 11.5 Å². The summed E-state index contributed by atoms with van der Waals surface area (Å²) in [6.07, 6.45) is 5.82. The largest absolute Gasteiger partial charge is 0.493 e. The molecular weight excluding hydrogens is 302 g/mol. The molecular formula is C20H29NO3. The van der Waals surface area contributed by atoms with Gasteiger partial charge in [0.05, 0.1) is 13.2 Å². The Morgan fingerprint density at radius 3 is 2.92 bits per heavy atom. The Bertz CT molecular complexity index is 632. The Morgan fingerprint density at radius 2 is 2.21 bits per heavy atom. The molecule has 1 aliphatic carbocycles. The standard InChI is InChI=1S/C20H29NO3/c1-5-6-16(23-4)19-20-9-10-21(2)14(12-20)11-13-7-8-15(22-3)18(24-19)17(13)20/h7-8,14,16,19H,5-6,9-12H2,1-4H3/t14-,16?,19+,20+/m1/s1. The summed E-state index contributed by atoms with van der Waals surface area (Å²) in [5.41, 5.74) is 2.96. The molecule has 0 saturated carbocycles. The zero-order chi connectivity index (χ0) is 16.9. The van der Waals surface area contributed by atoms with Crippen molar-refractivity contribution in [2.24, 2.45) is 0 Å². The van der Waals surface area contributed by atoms with Gasteiger partial charge < -0.3 is 19.1 Å². The van der Waals surface area contributed by atoms with Gasteiger partial charge in [0.15, 0.2) is 11.5 Å². The lowest BCUT2D eigenvalue weighted by Crippen LogP contribution is -2.58. The first-order valence-electron chi connectivity index (χ1n) is 9.24. The number of hydrogen-bond acceptors (Lipinski definition) is 4. The summed E-state index contributed by atoms with van der Waals surface area (Å²) in [6, 6.07) is 4.94. The maximum Gasteiger partial charge on any atom is 0.165 e. The second-order valence-electron chi connectivity index (χ2n) is 7.68. The molecule has 0 radical (unpaired) electrons.